The monoisotopic (exact) mass is 501 g/mol. The van der Waals surface area contributed by atoms with Gasteiger partial charge >= 0.3 is 0 Å². The molecule has 1 amide bonds. The summed E-state index contributed by atoms with van der Waals surface area (Å²) in [5.74, 6) is 1.09. The van der Waals surface area contributed by atoms with Gasteiger partial charge in [-0.3, -0.25) is 4.79 Å². The van der Waals surface area contributed by atoms with Crippen molar-refractivity contribution in [3.05, 3.63) is 77.9 Å². The van der Waals surface area contributed by atoms with Crippen molar-refractivity contribution in [1.29, 1.82) is 0 Å². The van der Waals surface area contributed by atoms with Gasteiger partial charge < -0.3 is 19.8 Å². The van der Waals surface area contributed by atoms with Gasteiger partial charge in [-0.15, -0.1) is 0 Å². The van der Waals surface area contributed by atoms with Gasteiger partial charge in [0.05, 0.1) is 36.5 Å². The molecule has 6 nitrogen and oxygen atoms in total. The van der Waals surface area contributed by atoms with E-state index in [4.69, 9.17) is 14.5 Å². The Morgan fingerprint density at radius 2 is 1.58 bits per heavy atom. The fourth-order valence-corrected chi connectivity index (χ4v) is 4.74. The zero-order valence-electron chi connectivity index (χ0n) is 21.2. The van der Waals surface area contributed by atoms with Crippen LogP contribution in [0.15, 0.2) is 71.9 Å². The van der Waals surface area contributed by atoms with E-state index in [-0.39, 0.29) is 11.2 Å². The minimum absolute atomic E-state index is 0.115. The van der Waals surface area contributed by atoms with Crippen molar-refractivity contribution >= 4 is 23.4 Å². The molecule has 0 spiro atoms. The maximum atomic E-state index is 13.2. The number of anilines is 1. The number of aromatic nitrogens is 2. The Bertz CT molecular complexity index is 1270. The van der Waals surface area contributed by atoms with Crippen LogP contribution in [-0.2, 0) is 4.79 Å². The molecule has 0 saturated heterocycles. The Hall–Kier alpha value is -3.71. The molecule has 186 valence electrons. The molecular formula is C29H31N3O3S. The summed E-state index contributed by atoms with van der Waals surface area (Å²) in [6.45, 7) is 6.13. The van der Waals surface area contributed by atoms with Crippen molar-refractivity contribution in [3.63, 3.8) is 0 Å². The van der Waals surface area contributed by atoms with Gasteiger partial charge in [0, 0.05) is 17.2 Å². The van der Waals surface area contributed by atoms with E-state index in [1.165, 1.54) is 22.9 Å². The van der Waals surface area contributed by atoms with Crippen molar-refractivity contribution in [1.82, 2.24) is 9.97 Å². The van der Waals surface area contributed by atoms with Crippen LogP contribution in [0, 0.1) is 13.8 Å². The molecule has 0 aliphatic heterocycles. The number of ether oxygens (including phenoxy) is 2. The summed E-state index contributed by atoms with van der Waals surface area (Å²) >= 11 is 1.42. The van der Waals surface area contributed by atoms with Gasteiger partial charge in [0.1, 0.15) is 11.5 Å². The van der Waals surface area contributed by atoms with E-state index in [9.17, 15) is 4.79 Å². The number of rotatable bonds is 9. The highest BCUT2D eigenvalue weighted by Gasteiger charge is 2.23. The number of H-pyrrole nitrogens is 1. The number of nitrogens with zero attached hydrogens (tertiary/aromatic N) is 1. The summed E-state index contributed by atoms with van der Waals surface area (Å²) in [6.07, 6.45) is 0.634. The SMILES string of the molecule is CCC(Sc1nc(-c2ccc(C)cc2)c(-c2ccc(C)cc2)[nH]1)C(=O)Nc1ccc(OC)cc1OC. The highest BCUT2D eigenvalue weighted by Crippen LogP contribution is 2.35. The number of amides is 1. The van der Waals surface area contributed by atoms with E-state index in [0.29, 0.717) is 28.8 Å². The van der Waals surface area contributed by atoms with Gasteiger partial charge in [-0.1, -0.05) is 78.3 Å². The molecule has 0 saturated carbocycles. The normalized spacial score (nSPS) is 11.7. The highest BCUT2D eigenvalue weighted by atomic mass is 32.2. The number of methoxy groups -OCH3 is 2. The first-order chi connectivity index (χ1) is 17.4. The molecule has 0 fully saturated rings. The summed E-state index contributed by atoms with van der Waals surface area (Å²) in [6, 6.07) is 22.0. The Morgan fingerprint density at radius 1 is 0.944 bits per heavy atom. The second kappa shape index (κ2) is 11.4. The molecule has 0 bridgehead atoms. The minimum atomic E-state index is -0.348. The van der Waals surface area contributed by atoms with Crippen LogP contribution in [0.4, 0.5) is 5.69 Å². The number of carbonyl (C=O) groups excluding carboxylic acids is 1. The number of aromatic amines is 1. The Labute approximate surface area is 216 Å². The van der Waals surface area contributed by atoms with Crippen LogP contribution in [0.2, 0.25) is 0 Å². The molecule has 1 aromatic heterocycles. The lowest BCUT2D eigenvalue weighted by atomic mass is 10.0. The maximum Gasteiger partial charge on any atom is 0.238 e. The van der Waals surface area contributed by atoms with Gasteiger partial charge in [0.25, 0.3) is 0 Å². The predicted octanol–water partition coefficient (Wildman–Crippen LogP) is 6.89. The second-order valence-corrected chi connectivity index (χ2v) is 9.76. The van der Waals surface area contributed by atoms with Gasteiger partial charge in [-0.25, -0.2) is 4.98 Å². The summed E-state index contributed by atoms with van der Waals surface area (Å²) in [7, 11) is 3.16. The van der Waals surface area contributed by atoms with Gasteiger partial charge in [-0.05, 0) is 32.4 Å². The predicted molar refractivity (Wildman–Crippen MR) is 147 cm³/mol. The smallest absolute Gasteiger partial charge is 0.238 e. The highest BCUT2D eigenvalue weighted by molar-refractivity contribution is 8.00. The summed E-state index contributed by atoms with van der Waals surface area (Å²) in [4.78, 5) is 21.6. The maximum absolute atomic E-state index is 13.2. The lowest BCUT2D eigenvalue weighted by Crippen LogP contribution is -2.25. The standard InChI is InChI=1S/C29H31N3O3S/c1-6-25(28(33)30-23-16-15-22(34-4)17-24(23)35-5)36-29-31-26(20-11-7-18(2)8-12-20)27(32-29)21-13-9-19(3)10-14-21/h7-17,25H,6H2,1-5H3,(H,30,33)(H,31,32). The fraction of sp³-hybridized carbons (Fsp3) is 0.241. The van der Waals surface area contributed by atoms with Crippen molar-refractivity contribution < 1.29 is 14.3 Å². The first-order valence-electron chi connectivity index (χ1n) is 11.9. The third kappa shape index (κ3) is 5.74. The fourth-order valence-electron chi connectivity index (χ4n) is 3.83. The van der Waals surface area contributed by atoms with E-state index in [1.807, 2.05) is 6.92 Å². The molecule has 1 heterocycles. The first kappa shape index (κ1) is 25.4. The van der Waals surface area contributed by atoms with Crippen molar-refractivity contribution in [2.45, 2.75) is 37.6 Å². The Balaban J connectivity index is 1.62. The number of benzene rings is 3. The third-order valence-electron chi connectivity index (χ3n) is 5.93. The number of imidazole rings is 1. The van der Waals surface area contributed by atoms with Crippen LogP contribution in [0.1, 0.15) is 24.5 Å². The van der Waals surface area contributed by atoms with Crippen LogP contribution in [0.25, 0.3) is 22.5 Å². The number of carbonyl (C=O) groups is 1. The molecule has 1 atom stereocenters. The zero-order valence-corrected chi connectivity index (χ0v) is 22.0. The van der Waals surface area contributed by atoms with Crippen LogP contribution in [0.3, 0.4) is 0 Å². The number of thioether (sulfide) groups is 1. The second-order valence-electron chi connectivity index (χ2n) is 8.57. The lowest BCUT2D eigenvalue weighted by molar-refractivity contribution is -0.115. The quantitative estimate of drug-likeness (QED) is 0.244. The number of nitrogens with one attached hydrogen (secondary N) is 2. The number of hydrogen-bond donors (Lipinski definition) is 2. The van der Waals surface area contributed by atoms with E-state index in [1.54, 1.807) is 32.4 Å². The molecule has 7 heteroatoms. The number of hydrogen-bond acceptors (Lipinski definition) is 5. The third-order valence-corrected chi connectivity index (χ3v) is 7.18. The molecule has 4 aromatic rings. The van der Waals surface area contributed by atoms with Crippen LogP contribution in [0.5, 0.6) is 11.5 Å². The van der Waals surface area contributed by atoms with E-state index in [0.717, 1.165) is 22.5 Å². The minimum Gasteiger partial charge on any atom is -0.497 e. The van der Waals surface area contributed by atoms with Gasteiger partial charge in [-0.2, -0.15) is 0 Å². The Morgan fingerprint density at radius 3 is 2.17 bits per heavy atom. The zero-order chi connectivity index (χ0) is 25.7. The molecule has 2 N–H and O–H groups in total. The van der Waals surface area contributed by atoms with Gasteiger partial charge in [0.2, 0.25) is 5.91 Å². The van der Waals surface area contributed by atoms with Crippen molar-refractivity contribution in [2.75, 3.05) is 19.5 Å². The van der Waals surface area contributed by atoms with E-state index >= 15 is 0 Å². The molecule has 0 aliphatic rings. The van der Waals surface area contributed by atoms with Gasteiger partial charge in [0.15, 0.2) is 5.16 Å². The van der Waals surface area contributed by atoms with Crippen LogP contribution < -0.4 is 14.8 Å². The molecule has 3 aromatic carbocycles. The molecule has 0 aliphatic carbocycles. The molecule has 1 unspecified atom stereocenters. The van der Waals surface area contributed by atoms with Crippen molar-refractivity contribution in [3.8, 4) is 34.0 Å². The van der Waals surface area contributed by atoms with E-state index in [2.05, 4.69) is 72.7 Å². The summed E-state index contributed by atoms with van der Waals surface area (Å²) in [5.41, 5.74) is 6.87. The molecule has 4 rings (SSSR count). The first-order valence-corrected chi connectivity index (χ1v) is 12.7. The molecular weight excluding hydrogens is 470 g/mol. The lowest BCUT2D eigenvalue weighted by Gasteiger charge is -2.16. The summed E-state index contributed by atoms with van der Waals surface area (Å²) in [5, 5.41) is 3.35. The average molecular weight is 502 g/mol. The topological polar surface area (TPSA) is 76.2 Å². The van der Waals surface area contributed by atoms with Crippen LogP contribution >= 0.6 is 11.8 Å². The molecule has 0 radical (unpaired) electrons. The Kier molecular flexibility index (Phi) is 8.00. The van der Waals surface area contributed by atoms with Crippen LogP contribution in [-0.4, -0.2) is 35.3 Å². The average Bonchev–Trinajstić information content (AvgIpc) is 3.32. The largest absolute Gasteiger partial charge is 0.497 e. The van der Waals surface area contributed by atoms with Crippen molar-refractivity contribution in [2.24, 2.45) is 0 Å². The molecule has 36 heavy (non-hydrogen) atoms. The van der Waals surface area contributed by atoms with E-state index < -0.39 is 0 Å². The number of aryl methyl sites for hydroxylation is 2. The summed E-state index contributed by atoms with van der Waals surface area (Å²) < 4.78 is 10.7.